The zero-order chi connectivity index (χ0) is 21.5. The summed E-state index contributed by atoms with van der Waals surface area (Å²) < 4.78 is 10.3. The molecular formula is C21H22N4O4S. The van der Waals surface area contributed by atoms with Crippen molar-refractivity contribution >= 4 is 34.1 Å². The summed E-state index contributed by atoms with van der Waals surface area (Å²) in [5, 5.41) is 8.55. The van der Waals surface area contributed by atoms with E-state index in [4.69, 9.17) is 9.47 Å². The standard InChI is InChI=1S/C21H22N4O4S/c1-13-18(19(26)22-12-14-8-10-15(28-2)11-9-14)30-21(23-13)25-20(27)24-16-6-4-5-7-17(16)29-3/h4-11H,12H2,1-3H3,(H,22,26)(H2,23,24,25,27). The molecule has 0 spiro atoms. The maximum Gasteiger partial charge on any atom is 0.325 e. The summed E-state index contributed by atoms with van der Waals surface area (Å²) in [6, 6.07) is 14.0. The lowest BCUT2D eigenvalue weighted by atomic mass is 10.2. The molecule has 0 aliphatic carbocycles. The van der Waals surface area contributed by atoms with Crippen LogP contribution in [0.4, 0.5) is 15.6 Å². The molecule has 0 atom stereocenters. The van der Waals surface area contributed by atoms with Crippen molar-refractivity contribution in [2.75, 3.05) is 24.9 Å². The van der Waals surface area contributed by atoms with Crippen molar-refractivity contribution in [1.82, 2.24) is 10.3 Å². The number of rotatable bonds is 7. The topological polar surface area (TPSA) is 102 Å². The Labute approximate surface area is 178 Å². The Morgan fingerprint density at radius 2 is 1.73 bits per heavy atom. The maximum atomic E-state index is 12.5. The second-order valence-corrected chi connectivity index (χ2v) is 7.24. The Bertz CT molecular complexity index is 1030. The molecule has 3 N–H and O–H groups in total. The number of carbonyl (C=O) groups is 2. The van der Waals surface area contributed by atoms with E-state index in [1.165, 1.54) is 7.11 Å². The van der Waals surface area contributed by atoms with Crippen LogP contribution < -0.4 is 25.4 Å². The van der Waals surface area contributed by atoms with E-state index in [0.717, 1.165) is 22.6 Å². The van der Waals surface area contributed by atoms with Crippen LogP contribution in [0, 0.1) is 6.92 Å². The molecule has 0 unspecified atom stereocenters. The highest BCUT2D eigenvalue weighted by Gasteiger charge is 2.17. The Morgan fingerprint density at radius 1 is 1.00 bits per heavy atom. The second kappa shape index (κ2) is 9.75. The van der Waals surface area contributed by atoms with Gasteiger partial charge in [0.05, 0.1) is 25.6 Å². The summed E-state index contributed by atoms with van der Waals surface area (Å²) in [6.07, 6.45) is 0. The van der Waals surface area contributed by atoms with Crippen LogP contribution in [0.5, 0.6) is 11.5 Å². The Balaban J connectivity index is 1.59. The van der Waals surface area contributed by atoms with Crippen molar-refractivity contribution in [1.29, 1.82) is 0 Å². The molecule has 1 heterocycles. The van der Waals surface area contributed by atoms with Gasteiger partial charge in [0.2, 0.25) is 0 Å². The molecule has 1 aromatic heterocycles. The Kier molecular flexibility index (Phi) is 6.87. The third-order valence-corrected chi connectivity index (χ3v) is 5.26. The van der Waals surface area contributed by atoms with Crippen LogP contribution in [0.1, 0.15) is 20.9 Å². The average molecular weight is 426 g/mol. The van der Waals surface area contributed by atoms with Gasteiger partial charge in [0.25, 0.3) is 5.91 Å². The number of hydrogen-bond donors (Lipinski definition) is 3. The van der Waals surface area contributed by atoms with E-state index in [-0.39, 0.29) is 5.91 Å². The number of benzene rings is 2. The number of hydrogen-bond acceptors (Lipinski definition) is 6. The molecule has 3 rings (SSSR count). The first kappa shape index (κ1) is 21.1. The van der Waals surface area contributed by atoms with Crippen molar-refractivity contribution in [3.8, 4) is 11.5 Å². The van der Waals surface area contributed by atoms with Crippen LogP contribution in [0.15, 0.2) is 48.5 Å². The smallest absolute Gasteiger partial charge is 0.325 e. The molecule has 3 amide bonds. The number of amides is 3. The van der Waals surface area contributed by atoms with Crippen LogP contribution in [-0.4, -0.2) is 31.1 Å². The van der Waals surface area contributed by atoms with Crippen molar-refractivity contribution in [2.24, 2.45) is 0 Å². The fourth-order valence-corrected chi connectivity index (χ4v) is 3.54. The van der Waals surface area contributed by atoms with Crippen LogP contribution >= 0.6 is 11.3 Å². The molecule has 3 aromatic rings. The average Bonchev–Trinajstić information content (AvgIpc) is 3.12. The number of ether oxygens (including phenoxy) is 2. The summed E-state index contributed by atoms with van der Waals surface area (Å²) >= 11 is 1.11. The monoisotopic (exact) mass is 426 g/mol. The zero-order valence-electron chi connectivity index (χ0n) is 16.8. The molecule has 0 saturated carbocycles. The fourth-order valence-electron chi connectivity index (χ4n) is 2.67. The summed E-state index contributed by atoms with van der Waals surface area (Å²) in [5.41, 5.74) is 2.02. The molecule has 8 nitrogen and oxygen atoms in total. The van der Waals surface area contributed by atoms with E-state index < -0.39 is 6.03 Å². The first-order valence-corrected chi connectivity index (χ1v) is 9.91. The number of urea groups is 1. The van der Waals surface area contributed by atoms with Gasteiger partial charge in [-0.25, -0.2) is 9.78 Å². The van der Waals surface area contributed by atoms with E-state index in [2.05, 4.69) is 20.9 Å². The summed E-state index contributed by atoms with van der Waals surface area (Å²) in [6.45, 7) is 2.10. The lowest BCUT2D eigenvalue weighted by molar-refractivity contribution is 0.0954. The number of anilines is 2. The SMILES string of the molecule is COc1ccc(CNC(=O)c2sc(NC(=O)Nc3ccccc3OC)nc2C)cc1. The van der Waals surface area contributed by atoms with Crippen LogP contribution in [-0.2, 0) is 6.54 Å². The van der Waals surface area contributed by atoms with E-state index in [9.17, 15) is 9.59 Å². The van der Waals surface area contributed by atoms with Gasteiger partial charge < -0.3 is 20.1 Å². The first-order valence-electron chi connectivity index (χ1n) is 9.09. The van der Waals surface area contributed by atoms with Gasteiger partial charge in [0.15, 0.2) is 5.13 Å². The summed E-state index contributed by atoms with van der Waals surface area (Å²) in [4.78, 5) is 29.5. The molecule has 0 radical (unpaired) electrons. The molecule has 2 aromatic carbocycles. The summed E-state index contributed by atoms with van der Waals surface area (Å²) in [5.74, 6) is 1.05. The van der Waals surface area contributed by atoms with Gasteiger partial charge in [-0.2, -0.15) is 0 Å². The second-order valence-electron chi connectivity index (χ2n) is 6.24. The van der Waals surface area contributed by atoms with Crippen molar-refractivity contribution in [3.63, 3.8) is 0 Å². The highest BCUT2D eigenvalue weighted by Crippen LogP contribution is 2.25. The minimum absolute atomic E-state index is 0.251. The molecule has 156 valence electrons. The van der Waals surface area contributed by atoms with Crippen LogP contribution in [0.25, 0.3) is 0 Å². The van der Waals surface area contributed by atoms with E-state index in [1.54, 1.807) is 32.2 Å². The van der Waals surface area contributed by atoms with E-state index in [0.29, 0.717) is 33.7 Å². The largest absolute Gasteiger partial charge is 0.497 e. The van der Waals surface area contributed by atoms with Crippen LogP contribution in [0.3, 0.4) is 0 Å². The quantitative estimate of drug-likeness (QED) is 0.529. The number of carbonyl (C=O) groups excluding carboxylic acids is 2. The van der Waals surface area contributed by atoms with Gasteiger partial charge in [-0.05, 0) is 36.8 Å². The van der Waals surface area contributed by atoms with Crippen molar-refractivity contribution in [3.05, 3.63) is 64.7 Å². The number of nitrogens with one attached hydrogen (secondary N) is 3. The highest BCUT2D eigenvalue weighted by molar-refractivity contribution is 7.17. The molecule has 0 bridgehead atoms. The Hall–Kier alpha value is -3.59. The number of aryl methyl sites for hydroxylation is 1. The van der Waals surface area contributed by atoms with Gasteiger partial charge in [0, 0.05) is 6.54 Å². The van der Waals surface area contributed by atoms with Gasteiger partial charge >= 0.3 is 6.03 Å². The summed E-state index contributed by atoms with van der Waals surface area (Å²) in [7, 11) is 3.13. The Morgan fingerprint density at radius 3 is 2.43 bits per heavy atom. The predicted molar refractivity (Wildman–Crippen MR) is 117 cm³/mol. The molecule has 30 heavy (non-hydrogen) atoms. The zero-order valence-corrected chi connectivity index (χ0v) is 17.6. The predicted octanol–water partition coefficient (Wildman–Crippen LogP) is 4.04. The highest BCUT2D eigenvalue weighted by atomic mass is 32.1. The number of para-hydroxylation sites is 2. The lowest BCUT2D eigenvalue weighted by Crippen LogP contribution is -2.22. The van der Waals surface area contributed by atoms with E-state index in [1.807, 2.05) is 30.3 Å². The molecule has 0 aliphatic rings. The fraction of sp³-hybridized carbons (Fsp3) is 0.190. The maximum absolute atomic E-state index is 12.5. The van der Waals surface area contributed by atoms with Gasteiger partial charge in [-0.15, -0.1) is 0 Å². The minimum atomic E-state index is -0.474. The number of nitrogens with zero attached hydrogens (tertiary/aromatic N) is 1. The van der Waals surface area contributed by atoms with Crippen LogP contribution in [0.2, 0.25) is 0 Å². The third-order valence-electron chi connectivity index (χ3n) is 4.19. The first-order chi connectivity index (χ1) is 14.5. The third kappa shape index (κ3) is 5.26. The molecular weight excluding hydrogens is 404 g/mol. The van der Waals surface area contributed by atoms with E-state index >= 15 is 0 Å². The van der Waals surface area contributed by atoms with Gasteiger partial charge in [-0.1, -0.05) is 35.6 Å². The molecule has 0 saturated heterocycles. The number of aromatic nitrogens is 1. The van der Waals surface area contributed by atoms with Gasteiger partial charge in [0.1, 0.15) is 16.4 Å². The lowest BCUT2D eigenvalue weighted by Gasteiger charge is -2.09. The van der Waals surface area contributed by atoms with Crippen molar-refractivity contribution in [2.45, 2.75) is 13.5 Å². The van der Waals surface area contributed by atoms with Gasteiger partial charge in [-0.3, -0.25) is 10.1 Å². The number of thiazole rings is 1. The number of methoxy groups -OCH3 is 2. The van der Waals surface area contributed by atoms with Crippen molar-refractivity contribution < 1.29 is 19.1 Å². The molecule has 0 fully saturated rings. The molecule has 9 heteroatoms. The molecule has 0 aliphatic heterocycles. The normalized spacial score (nSPS) is 10.2. The minimum Gasteiger partial charge on any atom is -0.497 e.